The molecular weight excluding hydrogens is 436 g/mol. The predicted molar refractivity (Wildman–Crippen MR) is 92.3 cm³/mol. The van der Waals surface area contributed by atoms with Crippen molar-refractivity contribution in [2.45, 2.75) is 38.0 Å². The molecule has 0 amide bonds. The number of hydrogen-bond acceptors (Lipinski definition) is 5. The average molecular weight is 451 g/mol. The molecule has 0 spiro atoms. The van der Waals surface area contributed by atoms with Gasteiger partial charge < -0.3 is 14.7 Å². The number of carbonyl (C=O) groups is 1. The van der Waals surface area contributed by atoms with E-state index in [1.165, 1.54) is 25.1 Å². The Morgan fingerprint density at radius 2 is 1.94 bits per heavy atom. The van der Waals surface area contributed by atoms with Gasteiger partial charge in [0.2, 0.25) is 0 Å². The first-order valence-corrected chi connectivity index (χ1v) is 8.60. The van der Waals surface area contributed by atoms with Gasteiger partial charge in [0.1, 0.15) is 6.73 Å². The summed E-state index contributed by atoms with van der Waals surface area (Å²) in [4.78, 5) is 15.9. The zero-order valence-corrected chi connectivity index (χ0v) is 16.0. The van der Waals surface area contributed by atoms with Crippen molar-refractivity contribution in [3.8, 4) is 0 Å². The van der Waals surface area contributed by atoms with Crippen LogP contribution in [0.5, 0.6) is 0 Å². The van der Waals surface area contributed by atoms with Gasteiger partial charge in [-0.2, -0.15) is 31.4 Å². The van der Waals surface area contributed by atoms with Gasteiger partial charge in [-0.3, -0.25) is 0 Å². The number of halogens is 6. The van der Waals surface area contributed by atoms with Crippen LogP contribution in [-0.4, -0.2) is 39.9 Å². The van der Waals surface area contributed by atoms with Crippen LogP contribution in [0.3, 0.4) is 0 Å². The molecule has 0 bridgehead atoms. The second-order valence-electron chi connectivity index (χ2n) is 6.80. The van der Waals surface area contributed by atoms with Crippen LogP contribution in [0, 0.1) is 6.92 Å². The molecular formula is C18H15F6N3O4. The maximum absolute atomic E-state index is 14.1. The molecule has 0 fully saturated rings. The molecule has 1 aromatic heterocycles. The number of carboxylic acids is 1. The number of hydrogen-bond donors (Lipinski definition) is 1. The lowest BCUT2D eigenvalue weighted by atomic mass is 9.89. The second kappa shape index (κ2) is 7.55. The number of oxime groups is 1. The largest absolute Gasteiger partial charge is 0.478 e. The van der Waals surface area contributed by atoms with E-state index in [1.807, 2.05) is 0 Å². The third-order valence-electron chi connectivity index (χ3n) is 4.71. The summed E-state index contributed by atoms with van der Waals surface area (Å²) in [6.07, 6.45) is -11.1. The van der Waals surface area contributed by atoms with Crippen LogP contribution in [0.15, 0.2) is 29.4 Å². The molecule has 0 radical (unpaired) electrons. The molecule has 2 heterocycles. The van der Waals surface area contributed by atoms with Crippen LogP contribution >= 0.6 is 0 Å². The smallest absolute Gasteiger partial charge is 0.437 e. The van der Waals surface area contributed by atoms with Crippen molar-refractivity contribution < 1.29 is 45.8 Å². The number of aromatic nitrogens is 2. The summed E-state index contributed by atoms with van der Waals surface area (Å²) >= 11 is 0. The van der Waals surface area contributed by atoms with Gasteiger partial charge in [-0.1, -0.05) is 11.2 Å². The molecule has 3 rings (SSSR count). The first kappa shape index (κ1) is 22.6. The number of methoxy groups -OCH3 is 1. The lowest BCUT2D eigenvalue weighted by Gasteiger charge is -2.29. The normalized spacial score (nSPS) is 19.3. The first-order valence-electron chi connectivity index (χ1n) is 8.60. The van der Waals surface area contributed by atoms with Crippen molar-refractivity contribution in [2.75, 3.05) is 7.11 Å². The number of alkyl halides is 6. The van der Waals surface area contributed by atoms with E-state index in [1.54, 1.807) is 0 Å². The molecule has 1 unspecified atom stereocenters. The predicted octanol–water partition coefficient (Wildman–Crippen LogP) is 4.09. The van der Waals surface area contributed by atoms with Gasteiger partial charge in [0.25, 0.3) is 5.60 Å². The molecule has 1 aliphatic rings. The highest BCUT2D eigenvalue weighted by atomic mass is 19.4. The highest BCUT2D eigenvalue weighted by Gasteiger charge is 2.64. The highest BCUT2D eigenvalue weighted by Crippen LogP contribution is 2.49. The Morgan fingerprint density at radius 1 is 1.26 bits per heavy atom. The Kier molecular flexibility index (Phi) is 5.50. The number of ether oxygens (including phenoxy) is 1. The number of aryl methyl sites for hydroxylation is 1. The summed E-state index contributed by atoms with van der Waals surface area (Å²) < 4.78 is 86.8. The Hall–Kier alpha value is -3.09. The summed E-state index contributed by atoms with van der Waals surface area (Å²) in [5, 5.41) is 15.8. The Labute approximate surface area is 170 Å². The highest BCUT2D eigenvalue weighted by molar-refractivity contribution is 6.03. The van der Waals surface area contributed by atoms with Gasteiger partial charge in [-0.15, -0.1) is 0 Å². The molecule has 0 saturated heterocycles. The van der Waals surface area contributed by atoms with E-state index in [-0.39, 0.29) is 28.5 Å². The van der Waals surface area contributed by atoms with E-state index in [4.69, 9.17) is 14.7 Å². The number of nitrogens with zero attached hydrogens (tertiary/aromatic N) is 3. The lowest BCUT2D eigenvalue weighted by molar-refractivity contribution is -0.278. The SMILES string of the molecule is COCn1nc(C(F)(F)F)cc1C1(C(F)(F)F)CC(c2ccc(C(=O)O)c(C)c2)=NO1. The van der Waals surface area contributed by atoms with Crippen LogP contribution in [0.4, 0.5) is 26.3 Å². The zero-order valence-electron chi connectivity index (χ0n) is 16.0. The van der Waals surface area contributed by atoms with Crippen LogP contribution in [0.25, 0.3) is 0 Å². The fraction of sp³-hybridized carbons (Fsp3) is 0.389. The maximum atomic E-state index is 14.1. The van der Waals surface area contributed by atoms with Crippen molar-refractivity contribution in [3.63, 3.8) is 0 Å². The van der Waals surface area contributed by atoms with Crippen LogP contribution < -0.4 is 0 Å². The summed E-state index contributed by atoms with van der Waals surface area (Å²) in [5.41, 5.74) is -5.57. The number of benzene rings is 1. The van der Waals surface area contributed by atoms with E-state index in [0.717, 1.165) is 7.11 Å². The number of aromatic carboxylic acids is 1. The Morgan fingerprint density at radius 3 is 2.45 bits per heavy atom. The zero-order chi connectivity index (χ0) is 23.2. The molecule has 2 aromatic rings. The standard InChI is InChI=1S/C18H15F6N3O4/c1-9-5-10(3-4-11(9)15(28)29)12-7-16(31-26-12,18(22,23)24)14-6-13(17(19,20)21)25-27(14)8-30-2/h3-6H,7-8H2,1-2H3,(H,28,29). The van der Waals surface area contributed by atoms with Gasteiger partial charge in [0.05, 0.1) is 23.4 Å². The van der Waals surface area contributed by atoms with E-state index in [2.05, 4.69) is 10.3 Å². The van der Waals surface area contributed by atoms with E-state index in [0.29, 0.717) is 4.68 Å². The maximum Gasteiger partial charge on any atom is 0.437 e. The molecule has 1 aromatic carbocycles. The van der Waals surface area contributed by atoms with Gasteiger partial charge in [-0.05, 0) is 36.2 Å². The fourth-order valence-corrected chi connectivity index (χ4v) is 3.21. The lowest BCUT2D eigenvalue weighted by Crippen LogP contribution is -2.44. The third-order valence-corrected chi connectivity index (χ3v) is 4.71. The number of rotatable bonds is 5. The van der Waals surface area contributed by atoms with E-state index >= 15 is 0 Å². The quantitative estimate of drug-likeness (QED) is 0.692. The third kappa shape index (κ3) is 3.96. The summed E-state index contributed by atoms with van der Waals surface area (Å²) in [7, 11) is 1.09. The number of carboxylic acid groups (broad SMARTS) is 1. The second-order valence-corrected chi connectivity index (χ2v) is 6.80. The van der Waals surface area contributed by atoms with Gasteiger partial charge in [0.15, 0.2) is 5.69 Å². The van der Waals surface area contributed by atoms with E-state index in [9.17, 15) is 31.1 Å². The molecule has 0 saturated carbocycles. The van der Waals surface area contributed by atoms with Crippen molar-refractivity contribution >= 4 is 11.7 Å². The van der Waals surface area contributed by atoms with Crippen LogP contribution in [0.1, 0.15) is 39.3 Å². The topological polar surface area (TPSA) is 85.9 Å². The molecule has 1 atom stereocenters. The van der Waals surface area contributed by atoms with Crippen LogP contribution in [0.2, 0.25) is 0 Å². The minimum Gasteiger partial charge on any atom is -0.478 e. The summed E-state index contributed by atoms with van der Waals surface area (Å²) in [6.45, 7) is 0.762. The fourth-order valence-electron chi connectivity index (χ4n) is 3.21. The first-order chi connectivity index (χ1) is 14.3. The molecule has 1 N–H and O–H groups in total. The van der Waals surface area contributed by atoms with E-state index < -0.39 is 48.5 Å². The van der Waals surface area contributed by atoms with Crippen molar-refractivity contribution in [1.82, 2.24) is 9.78 Å². The van der Waals surface area contributed by atoms with Crippen molar-refractivity contribution in [3.05, 3.63) is 52.3 Å². The van der Waals surface area contributed by atoms with Gasteiger partial charge in [0, 0.05) is 7.11 Å². The Bertz CT molecular complexity index is 1040. The molecule has 168 valence electrons. The minimum atomic E-state index is -5.16. The van der Waals surface area contributed by atoms with Gasteiger partial charge in [-0.25, -0.2) is 9.48 Å². The molecule has 1 aliphatic heterocycles. The molecule has 0 aliphatic carbocycles. The van der Waals surface area contributed by atoms with Crippen molar-refractivity contribution in [2.24, 2.45) is 5.16 Å². The summed E-state index contributed by atoms with van der Waals surface area (Å²) in [5.74, 6) is -1.22. The van der Waals surface area contributed by atoms with Crippen LogP contribution in [-0.2, 0) is 28.1 Å². The Balaban J connectivity index is 2.07. The van der Waals surface area contributed by atoms with Gasteiger partial charge >= 0.3 is 18.3 Å². The van der Waals surface area contributed by atoms with Crippen molar-refractivity contribution in [1.29, 1.82) is 0 Å². The molecule has 31 heavy (non-hydrogen) atoms. The summed E-state index contributed by atoms with van der Waals surface area (Å²) in [6, 6.07) is 4.01. The molecule has 13 heteroatoms. The minimum absolute atomic E-state index is 0.0571. The average Bonchev–Trinajstić information content (AvgIpc) is 3.26. The molecule has 7 nitrogen and oxygen atoms in total. The monoisotopic (exact) mass is 451 g/mol.